The van der Waals surface area contributed by atoms with Crippen LogP contribution in [-0.4, -0.2) is 19.8 Å². The Hall–Kier alpha value is -1.25. The third-order valence-electron chi connectivity index (χ3n) is 4.43. The summed E-state index contributed by atoms with van der Waals surface area (Å²) in [4.78, 5) is 0. The molecule has 3 atom stereocenters. The molecule has 3 rings (SSSR count). The van der Waals surface area contributed by atoms with Crippen LogP contribution in [0.15, 0.2) is 36.4 Å². The Morgan fingerprint density at radius 3 is 2.76 bits per heavy atom. The van der Waals surface area contributed by atoms with E-state index in [0.717, 1.165) is 25.2 Å². The Labute approximate surface area is 131 Å². The topological polar surface area (TPSA) is 18.5 Å². The van der Waals surface area contributed by atoms with E-state index in [1.165, 1.54) is 16.3 Å². The lowest BCUT2D eigenvalue weighted by Crippen LogP contribution is -2.19. The van der Waals surface area contributed by atoms with E-state index in [9.17, 15) is 0 Å². The second-order valence-electron chi connectivity index (χ2n) is 5.64. The molecule has 21 heavy (non-hydrogen) atoms. The van der Waals surface area contributed by atoms with Gasteiger partial charge >= 0.3 is 0 Å². The Balaban J connectivity index is 1.90. The van der Waals surface area contributed by atoms with E-state index in [0.29, 0.717) is 12.0 Å². The van der Waals surface area contributed by atoms with Crippen LogP contribution in [0.25, 0.3) is 10.8 Å². The molecular weight excluding hydrogens is 284 g/mol. The minimum absolute atomic E-state index is 0.0175. The Morgan fingerprint density at radius 2 is 2.00 bits per heavy atom. The van der Waals surface area contributed by atoms with Crippen LogP contribution in [-0.2, 0) is 4.74 Å². The number of methoxy groups -OCH3 is 1. The first-order valence-corrected chi connectivity index (χ1v) is 8.00. The Bertz CT molecular complexity index is 626. The molecule has 2 aromatic rings. The summed E-state index contributed by atoms with van der Waals surface area (Å²) in [6, 6.07) is 12.6. The van der Waals surface area contributed by atoms with Gasteiger partial charge in [0.05, 0.1) is 18.6 Å². The van der Waals surface area contributed by atoms with E-state index >= 15 is 0 Å². The van der Waals surface area contributed by atoms with E-state index in [-0.39, 0.29) is 5.38 Å². The quantitative estimate of drug-likeness (QED) is 0.745. The number of halogens is 1. The lowest BCUT2D eigenvalue weighted by Gasteiger charge is -2.22. The van der Waals surface area contributed by atoms with Crippen LogP contribution < -0.4 is 4.74 Å². The Morgan fingerprint density at radius 1 is 1.24 bits per heavy atom. The van der Waals surface area contributed by atoms with Gasteiger partial charge in [0.2, 0.25) is 0 Å². The van der Waals surface area contributed by atoms with Gasteiger partial charge in [0, 0.05) is 12.5 Å². The van der Waals surface area contributed by atoms with Crippen LogP contribution in [0, 0.1) is 5.92 Å². The minimum atomic E-state index is 0.0175. The number of alkyl halides is 1. The molecule has 1 saturated heterocycles. The number of benzene rings is 2. The first-order valence-electron chi connectivity index (χ1n) is 7.56. The van der Waals surface area contributed by atoms with Crippen molar-refractivity contribution in [3.8, 4) is 5.75 Å². The molecule has 0 N–H and O–H groups in total. The van der Waals surface area contributed by atoms with Gasteiger partial charge in [-0.15, -0.1) is 11.6 Å². The third kappa shape index (κ3) is 2.88. The van der Waals surface area contributed by atoms with Gasteiger partial charge < -0.3 is 9.47 Å². The van der Waals surface area contributed by atoms with Crippen molar-refractivity contribution in [1.29, 1.82) is 0 Å². The van der Waals surface area contributed by atoms with Gasteiger partial charge in [0.25, 0.3) is 0 Å². The predicted molar refractivity (Wildman–Crippen MR) is 87.2 cm³/mol. The van der Waals surface area contributed by atoms with Crippen molar-refractivity contribution in [3.63, 3.8) is 0 Å². The number of ether oxygens (including phenoxy) is 2. The van der Waals surface area contributed by atoms with Crippen molar-refractivity contribution < 1.29 is 9.47 Å². The van der Waals surface area contributed by atoms with Gasteiger partial charge in [0.1, 0.15) is 5.75 Å². The average molecular weight is 305 g/mol. The fourth-order valence-electron chi connectivity index (χ4n) is 3.21. The molecule has 0 saturated carbocycles. The van der Waals surface area contributed by atoms with Crippen molar-refractivity contribution in [2.45, 2.75) is 31.2 Å². The molecule has 1 heterocycles. The summed E-state index contributed by atoms with van der Waals surface area (Å²) in [5, 5.41) is 2.39. The highest BCUT2D eigenvalue weighted by molar-refractivity contribution is 6.21. The molecule has 2 nitrogen and oxygen atoms in total. The summed E-state index contributed by atoms with van der Waals surface area (Å²) < 4.78 is 11.0. The van der Waals surface area contributed by atoms with Gasteiger partial charge in [-0.25, -0.2) is 0 Å². The highest BCUT2D eigenvalue weighted by Gasteiger charge is 2.33. The molecule has 3 unspecified atom stereocenters. The smallest absolute Gasteiger partial charge is 0.119 e. The summed E-state index contributed by atoms with van der Waals surface area (Å²) in [6.45, 7) is 3.00. The lowest BCUT2D eigenvalue weighted by molar-refractivity contribution is 0.0864. The zero-order valence-corrected chi connectivity index (χ0v) is 13.3. The molecule has 0 aliphatic carbocycles. The van der Waals surface area contributed by atoms with E-state index in [4.69, 9.17) is 21.1 Å². The standard InChI is InChI=1S/C18H21ClO2/c1-3-17-16(8-9-21-17)18(19)14-5-4-13-11-15(20-2)7-6-12(13)10-14/h4-7,10-11,16-18H,3,8-9H2,1-2H3. The maximum Gasteiger partial charge on any atom is 0.119 e. The molecule has 3 heteroatoms. The van der Waals surface area contributed by atoms with E-state index in [1.807, 2.05) is 6.07 Å². The number of fused-ring (bicyclic) bond motifs is 1. The summed E-state index contributed by atoms with van der Waals surface area (Å²) >= 11 is 6.74. The first-order chi connectivity index (χ1) is 10.2. The van der Waals surface area contributed by atoms with Crippen molar-refractivity contribution in [1.82, 2.24) is 0 Å². The normalized spacial score (nSPS) is 23.4. The summed E-state index contributed by atoms with van der Waals surface area (Å²) in [6.07, 6.45) is 2.37. The minimum Gasteiger partial charge on any atom is -0.497 e. The highest BCUT2D eigenvalue weighted by atomic mass is 35.5. The maximum absolute atomic E-state index is 6.74. The Kier molecular flexibility index (Phi) is 4.37. The molecular formula is C18H21ClO2. The highest BCUT2D eigenvalue weighted by Crippen LogP contribution is 2.40. The summed E-state index contributed by atoms with van der Waals surface area (Å²) in [7, 11) is 1.69. The van der Waals surface area contributed by atoms with Gasteiger partial charge in [-0.2, -0.15) is 0 Å². The summed E-state index contributed by atoms with van der Waals surface area (Å²) in [5.41, 5.74) is 1.18. The lowest BCUT2D eigenvalue weighted by atomic mass is 9.90. The molecule has 1 fully saturated rings. The number of rotatable bonds is 4. The van der Waals surface area contributed by atoms with E-state index in [2.05, 4.69) is 37.3 Å². The zero-order valence-electron chi connectivity index (χ0n) is 12.5. The molecule has 112 valence electrons. The van der Waals surface area contributed by atoms with E-state index < -0.39 is 0 Å². The SMILES string of the molecule is CCC1OCCC1C(Cl)c1ccc2cc(OC)ccc2c1. The van der Waals surface area contributed by atoms with Crippen molar-refractivity contribution in [2.24, 2.45) is 5.92 Å². The fraction of sp³-hybridized carbons (Fsp3) is 0.444. The first kappa shape index (κ1) is 14.7. The van der Waals surface area contributed by atoms with Crippen molar-refractivity contribution in [2.75, 3.05) is 13.7 Å². The molecule has 1 aliphatic rings. The van der Waals surface area contributed by atoms with Crippen LogP contribution in [0.4, 0.5) is 0 Å². The van der Waals surface area contributed by atoms with Gasteiger partial charge in [-0.05, 0) is 47.4 Å². The molecule has 0 aromatic heterocycles. The van der Waals surface area contributed by atoms with Gasteiger partial charge in [-0.1, -0.05) is 25.1 Å². The molecule has 0 bridgehead atoms. The van der Waals surface area contributed by atoms with Crippen molar-refractivity contribution >= 4 is 22.4 Å². The fourth-order valence-corrected chi connectivity index (χ4v) is 3.63. The van der Waals surface area contributed by atoms with Gasteiger partial charge in [-0.3, -0.25) is 0 Å². The maximum atomic E-state index is 6.74. The van der Waals surface area contributed by atoms with Crippen LogP contribution in [0.3, 0.4) is 0 Å². The second-order valence-corrected chi connectivity index (χ2v) is 6.11. The number of hydrogen-bond acceptors (Lipinski definition) is 2. The van der Waals surface area contributed by atoms with Crippen LogP contribution in [0.5, 0.6) is 5.75 Å². The zero-order chi connectivity index (χ0) is 14.8. The second kappa shape index (κ2) is 6.25. The number of hydrogen-bond donors (Lipinski definition) is 0. The molecule has 1 aliphatic heterocycles. The van der Waals surface area contributed by atoms with Crippen LogP contribution in [0.2, 0.25) is 0 Å². The van der Waals surface area contributed by atoms with Gasteiger partial charge in [0.15, 0.2) is 0 Å². The molecule has 0 spiro atoms. The van der Waals surface area contributed by atoms with Crippen LogP contribution >= 0.6 is 11.6 Å². The largest absolute Gasteiger partial charge is 0.497 e. The van der Waals surface area contributed by atoms with Crippen LogP contribution in [0.1, 0.15) is 30.7 Å². The summed E-state index contributed by atoms with van der Waals surface area (Å²) in [5.74, 6) is 1.29. The predicted octanol–water partition coefficient (Wildman–Crippen LogP) is 4.94. The molecule has 0 radical (unpaired) electrons. The monoisotopic (exact) mass is 304 g/mol. The molecule has 2 aromatic carbocycles. The third-order valence-corrected chi connectivity index (χ3v) is 5.00. The van der Waals surface area contributed by atoms with E-state index in [1.54, 1.807) is 7.11 Å². The average Bonchev–Trinajstić information content (AvgIpc) is 3.01. The molecule has 0 amide bonds. The van der Waals surface area contributed by atoms with Crippen molar-refractivity contribution in [3.05, 3.63) is 42.0 Å².